The van der Waals surface area contributed by atoms with Gasteiger partial charge < -0.3 is 25.4 Å². The Morgan fingerprint density at radius 1 is 0.810 bits per heavy atom. The first kappa shape index (κ1) is 21.9. The van der Waals surface area contributed by atoms with Crippen molar-refractivity contribution >= 4 is 11.9 Å². The van der Waals surface area contributed by atoms with E-state index < -0.39 is 0 Å². The first-order valence-corrected chi connectivity index (χ1v) is 7.58. The van der Waals surface area contributed by atoms with Gasteiger partial charge in [0.05, 0.1) is 26.4 Å². The van der Waals surface area contributed by atoms with E-state index in [4.69, 9.17) is 9.47 Å². The third-order valence-electron chi connectivity index (χ3n) is 2.06. The van der Waals surface area contributed by atoms with Crippen molar-refractivity contribution in [2.24, 2.45) is 0 Å². The molecule has 0 atom stereocenters. The molecule has 0 fully saturated rings. The number of hydrogen-bond acceptors (Lipinski definition) is 4. The standard InChI is InChI=1S/C12H25N3O4.C2H6/c1-3-4-14-12(17)15-6-8-19-10-9-18-7-5-13-11(2)16;1-2/h3-10H2,1-2H3,(H,13,16)(H2,14,15,17);1-2H3. The largest absolute Gasteiger partial charge is 0.377 e. The highest BCUT2D eigenvalue weighted by molar-refractivity contribution is 5.73. The van der Waals surface area contributed by atoms with Crippen LogP contribution in [0.3, 0.4) is 0 Å². The molecule has 21 heavy (non-hydrogen) atoms. The van der Waals surface area contributed by atoms with Crippen molar-refractivity contribution in [3.8, 4) is 0 Å². The molecule has 3 amide bonds. The van der Waals surface area contributed by atoms with Gasteiger partial charge in [0.15, 0.2) is 0 Å². The predicted molar refractivity (Wildman–Crippen MR) is 83.4 cm³/mol. The average molecular weight is 305 g/mol. The van der Waals surface area contributed by atoms with Crippen molar-refractivity contribution in [3.05, 3.63) is 0 Å². The van der Waals surface area contributed by atoms with Crippen LogP contribution in [0.15, 0.2) is 0 Å². The molecule has 0 rings (SSSR count). The van der Waals surface area contributed by atoms with Crippen molar-refractivity contribution in [1.29, 1.82) is 0 Å². The summed E-state index contributed by atoms with van der Waals surface area (Å²) in [5, 5.41) is 8.01. The van der Waals surface area contributed by atoms with E-state index in [2.05, 4.69) is 16.0 Å². The summed E-state index contributed by atoms with van der Waals surface area (Å²) in [5.41, 5.74) is 0. The molecule has 126 valence electrons. The number of ether oxygens (including phenoxy) is 2. The van der Waals surface area contributed by atoms with Crippen LogP contribution in [0.1, 0.15) is 34.1 Å². The fourth-order valence-electron chi connectivity index (χ4n) is 1.16. The molecule has 0 aliphatic heterocycles. The Balaban J connectivity index is 0. The molecule has 0 aromatic carbocycles. The van der Waals surface area contributed by atoms with Crippen LogP contribution < -0.4 is 16.0 Å². The summed E-state index contributed by atoms with van der Waals surface area (Å²) in [6, 6.07) is -0.169. The van der Waals surface area contributed by atoms with Crippen LogP contribution in [0.25, 0.3) is 0 Å². The summed E-state index contributed by atoms with van der Waals surface area (Å²) < 4.78 is 10.5. The second kappa shape index (κ2) is 18.7. The maximum absolute atomic E-state index is 11.1. The highest BCUT2D eigenvalue weighted by Gasteiger charge is 1.97. The van der Waals surface area contributed by atoms with Gasteiger partial charge in [-0.1, -0.05) is 20.8 Å². The van der Waals surface area contributed by atoms with Crippen molar-refractivity contribution < 1.29 is 19.1 Å². The van der Waals surface area contributed by atoms with Gasteiger partial charge in [-0.3, -0.25) is 4.79 Å². The van der Waals surface area contributed by atoms with Crippen LogP contribution in [0, 0.1) is 0 Å². The van der Waals surface area contributed by atoms with Gasteiger partial charge in [-0.2, -0.15) is 0 Å². The number of amides is 3. The molecule has 0 spiro atoms. The van der Waals surface area contributed by atoms with E-state index in [0.29, 0.717) is 46.1 Å². The lowest BCUT2D eigenvalue weighted by molar-refractivity contribution is -0.119. The van der Waals surface area contributed by atoms with Gasteiger partial charge in [-0.15, -0.1) is 0 Å². The van der Waals surface area contributed by atoms with Gasteiger partial charge in [0.25, 0.3) is 0 Å². The van der Waals surface area contributed by atoms with E-state index in [1.165, 1.54) is 6.92 Å². The van der Waals surface area contributed by atoms with Crippen LogP contribution >= 0.6 is 0 Å². The molecule has 0 radical (unpaired) electrons. The second-order valence-corrected chi connectivity index (χ2v) is 3.89. The Morgan fingerprint density at radius 2 is 1.29 bits per heavy atom. The minimum absolute atomic E-state index is 0.0627. The Morgan fingerprint density at radius 3 is 1.76 bits per heavy atom. The molecule has 0 aliphatic carbocycles. The maximum atomic E-state index is 11.1. The summed E-state index contributed by atoms with van der Waals surface area (Å²) in [6.45, 7) is 11.0. The Bertz CT molecular complexity index is 250. The fraction of sp³-hybridized carbons (Fsp3) is 0.857. The normalized spacial score (nSPS) is 9.33. The van der Waals surface area contributed by atoms with Crippen molar-refractivity contribution in [1.82, 2.24) is 16.0 Å². The van der Waals surface area contributed by atoms with E-state index in [-0.39, 0.29) is 11.9 Å². The van der Waals surface area contributed by atoms with Gasteiger partial charge >= 0.3 is 6.03 Å². The highest BCUT2D eigenvalue weighted by atomic mass is 16.5. The zero-order valence-corrected chi connectivity index (χ0v) is 13.8. The van der Waals surface area contributed by atoms with Crippen LogP contribution in [-0.2, 0) is 14.3 Å². The number of carbonyl (C=O) groups is 2. The van der Waals surface area contributed by atoms with E-state index in [1.54, 1.807) is 0 Å². The van der Waals surface area contributed by atoms with Crippen LogP contribution in [0.4, 0.5) is 4.79 Å². The summed E-state index contributed by atoms with van der Waals surface area (Å²) in [5.74, 6) is -0.0627. The van der Waals surface area contributed by atoms with Gasteiger partial charge in [-0.25, -0.2) is 4.79 Å². The monoisotopic (exact) mass is 305 g/mol. The van der Waals surface area contributed by atoms with E-state index >= 15 is 0 Å². The molecule has 0 heterocycles. The molecule has 0 unspecified atom stereocenters. The van der Waals surface area contributed by atoms with Gasteiger partial charge in [0.1, 0.15) is 0 Å². The molecule has 0 aromatic rings. The summed E-state index contributed by atoms with van der Waals surface area (Å²) in [7, 11) is 0. The maximum Gasteiger partial charge on any atom is 0.314 e. The minimum atomic E-state index is -0.169. The van der Waals surface area contributed by atoms with Crippen LogP contribution in [0.2, 0.25) is 0 Å². The van der Waals surface area contributed by atoms with Gasteiger partial charge in [0.2, 0.25) is 5.91 Å². The van der Waals surface area contributed by atoms with Crippen molar-refractivity contribution in [3.63, 3.8) is 0 Å². The highest BCUT2D eigenvalue weighted by Crippen LogP contribution is 1.78. The molecular formula is C14H31N3O4. The molecule has 3 N–H and O–H groups in total. The molecule has 0 saturated carbocycles. The second-order valence-electron chi connectivity index (χ2n) is 3.89. The quantitative estimate of drug-likeness (QED) is 0.495. The first-order chi connectivity index (χ1) is 10.2. The smallest absolute Gasteiger partial charge is 0.314 e. The number of urea groups is 1. The zero-order valence-electron chi connectivity index (χ0n) is 13.8. The number of rotatable bonds is 11. The van der Waals surface area contributed by atoms with Crippen LogP contribution in [-0.4, -0.2) is 58.0 Å². The first-order valence-electron chi connectivity index (χ1n) is 7.58. The third kappa shape index (κ3) is 21.1. The lowest BCUT2D eigenvalue weighted by Gasteiger charge is -2.08. The zero-order chi connectivity index (χ0) is 16.3. The molecule has 0 saturated heterocycles. The fourth-order valence-corrected chi connectivity index (χ4v) is 1.16. The lowest BCUT2D eigenvalue weighted by Crippen LogP contribution is -2.37. The van der Waals surface area contributed by atoms with Crippen molar-refractivity contribution in [2.75, 3.05) is 46.1 Å². The Kier molecular flexibility index (Phi) is 19.5. The average Bonchev–Trinajstić information content (AvgIpc) is 2.48. The number of carbonyl (C=O) groups excluding carboxylic acids is 2. The lowest BCUT2D eigenvalue weighted by atomic mass is 10.5. The molecule has 0 aliphatic rings. The minimum Gasteiger partial charge on any atom is -0.377 e. The molecule has 0 aromatic heterocycles. The Labute approximate surface area is 128 Å². The summed E-state index contributed by atoms with van der Waals surface area (Å²) in [4.78, 5) is 21.7. The van der Waals surface area contributed by atoms with Gasteiger partial charge in [-0.05, 0) is 6.42 Å². The molecule has 7 nitrogen and oxygen atoms in total. The summed E-state index contributed by atoms with van der Waals surface area (Å²) in [6.07, 6.45) is 0.916. The van der Waals surface area contributed by atoms with E-state index in [1.807, 2.05) is 20.8 Å². The molecular weight excluding hydrogens is 274 g/mol. The third-order valence-corrected chi connectivity index (χ3v) is 2.06. The summed E-state index contributed by atoms with van der Waals surface area (Å²) >= 11 is 0. The number of nitrogens with one attached hydrogen (secondary N) is 3. The van der Waals surface area contributed by atoms with Gasteiger partial charge in [0, 0.05) is 26.6 Å². The van der Waals surface area contributed by atoms with Crippen molar-refractivity contribution in [2.45, 2.75) is 34.1 Å². The topological polar surface area (TPSA) is 88.7 Å². The van der Waals surface area contributed by atoms with Crippen LogP contribution in [0.5, 0.6) is 0 Å². The Hall–Kier alpha value is -1.34. The molecule has 7 heteroatoms. The molecule has 0 bridgehead atoms. The number of hydrogen-bond donors (Lipinski definition) is 3. The SMILES string of the molecule is CC.CCCNC(=O)NCCOCCOCCNC(C)=O. The van der Waals surface area contributed by atoms with E-state index in [9.17, 15) is 9.59 Å². The van der Waals surface area contributed by atoms with E-state index in [0.717, 1.165) is 6.42 Å². The predicted octanol–water partition coefficient (Wildman–Crippen LogP) is 0.891.